The van der Waals surface area contributed by atoms with Gasteiger partial charge in [0.15, 0.2) is 0 Å². The summed E-state index contributed by atoms with van der Waals surface area (Å²) >= 11 is 7.30. The minimum atomic E-state index is -1.21. The SMILES string of the molecule is CCn1cc(C(=O)O)c(=O)c2c(C)c(Cl)sc21. The van der Waals surface area contributed by atoms with Gasteiger partial charge in [-0.3, -0.25) is 4.79 Å². The lowest BCUT2D eigenvalue weighted by atomic mass is 10.1. The van der Waals surface area contributed by atoms with E-state index in [1.54, 1.807) is 11.5 Å². The highest BCUT2D eigenvalue weighted by atomic mass is 35.5. The quantitative estimate of drug-likeness (QED) is 0.914. The Kier molecular flexibility index (Phi) is 2.97. The number of rotatable bonds is 2. The van der Waals surface area contributed by atoms with Crippen molar-refractivity contribution in [2.24, 2.45) is 0 Å². The molecule has 0 aliphatic heterocycles. The summed E-state index contributed by atoms with van der Waals surface area (Å²) in [5.41, 5.74) is -0.0169. The Labute approximate surface area is 106 Å². The van der Waals surface area contributed by atoms with Crippen LogP contribution in [0.5, 0.6) is 0 Å². The number of aryl methyl sites for hydroxylation is 2. The molecule has 0 aliphatic rings. The molecule has 1 N–H and O–H groups in total. The van der Waals surface area contributed by atoms with Gasteiger partial charge in [0.2, 0.25) is 5.43 Å². The van der Waals surface area contributed by atoms with Crippen molar-refractivity contribution in [2.45, 2.75) is 20.4 Å². The van der Waals surface area contributed by atoms with Gasteiger partial charge < -0.3 is 9.67 Å². The molecule has 2 rings (SSSR count). The van der Waals surface area contributed by atoms with E-state index in [2.05, 4.69) is 0 Å². The summed E-state index contributed by atoms with van der Waals surface area (Å²) in [6.07, 6.45) is 1.37. The number of aromatic nitrogens is 1. The fraction of sp³-hybridized carbons (Fsp3) is 0.273. The number of hydrogen-bond donors (Lipinski definition) is 1. The van der Waals surface area contributed by atoms with Gasteiger partial charge in [-0.2, -0.15) is 0 Å². The van der Waals surface area contributed by atoms with Crippen LogP contribution in [0.4, 0.5) is 0 Å². The van der Waals surface area contributed by atoms with E-state index in [1.165, 1.54) is 17.5 Å². The molecule has 0 fully saturated rings. The van der Waals surface area contributed by atoms with Gasteiger partial charge in [0.25, 0.3) is 0 Å². The minimum absolute atomic E-state index is 0.211. The number of pyridine rings is 1. The molecule has 0 aromatic carbocycles. The lowest BCUT2D eigenvalue weighted by molar-refractivity contribution is 0.0695. The summed E-state index contributed by atoms with van der Waals surface area (Å²) in [5.74, 6) is -1.21. The topological polar surface area (TPSA) is 59.3 Å². The second-order valence-electron chi connectivity index (χ2n) is 3.64. The van der Waals surface area contributed by atoms with Gasteiger partial charge in [0, 0.05) is 12.7 Å². The zero-order valence-corrected chi connectivity index (χ0v) is 10.9. The first kappa shape index (κ1) is 12.1. The molecule has 0 saturated carbocycles. The number of nitrogens with zero attached hydrogens (tertiary/aromatic N) is 1. The largest absolute Gasteiger partial charge is 0.477 e. The van der Waals surface area contributed by atoms with Crippen LogP contribution in [-0.4, -0.2) is 15.6 Å². The van der Waals surface area contributed by atoms with E-state index in [4.69, 9.17) is 16.7 Å². The molecule has 4 nitrogen and oxygen atoms in total. The molecule has 17 heavy (non-hydrogen) atoms. The highest BCUT2D eigenvalue weighted by Gasteiger charge is 2.18. The van der Waals surface area contributed by atoms with Crippen molar-refractivity contribution in [2.75, 3.05) is 0 Å². The lowest BCUT2D eigenvalue weighted by Gasteiger charge is -2.06. The van der Waals surface area contributed by atoms with Crippen molar-refractivity contribution < 1.29 is 9.90 Å². The van der Waals surface area contributed by atoms with Crippen LogP contribution in [-0.2, 0) is 6.54 Å². The average Bonchev–Trinajstić information content (AvgIpc) is 2.56. The van der Waals surface area contributed by atoms with Gasteiger partial charge >= 0.3 is 5.97 Å². The molecule has 0 spiro atoms. The summed E-state index contributed by atoms with van der Waals surface area (Å²) in [6, 6.07) is 0. The fourth-order valence-electron chi connectivity index (χ4n) is 1.74. The maximum atomic E-state index is 12.0. The maximum absolute atomic E-state index is 12.0. The zero-order chi connectivity index (χ0) is 12.7. The van der Waals surface area contributed by atoms with Gasteiger partial charge in [0.05, 0.1) is 9.72 Å². The van der Waals surface area contributed by atoms with E-state index in [9.17, 15) is 9.59 Å². The third-order valence-corrected chi connectivity index (χ3v) is 4.29. The van der Waals surface area contributed by atoms with Crippen LogP contribution in [0.2, 0.25) is 4.34 Å². The Hall–Kier alpha value is -1.33. The maximum Gasteiger partial charge on any atom is 0.341 e. The minimum Gasteiger partial charge on any atom is -0.477 e. The average molecular weight is 272 g/mol. The standard InChI is InChI=1S/C11H10ClNO3S/c1-3-13-4-6(11(15)16)8(14)7-5(2)9(12)17-10(7)13/h4H,3H2,1-2H3,(H,15,16). The number of thiophene rings is 1. The summed E-state index contributed by atoms with van der Waals surface area (Å²) in [5, 5.41) is 9.42. The normalized spacial score (nSPS) is 11.0. The molecule has 6 heteroatoms. The molecule has 0 radical (unpaired) electrons. The number of carbonyl (C=O) groups is 1. The van der Waals surface area contributed by atoms with Crippen molar-refractivity contribution in [3.8, 4) is 0 Å². The molecule has 2 aromatic rings. The van der Waals surface area contributed by atoms with E-state index in [0.29, 0.717) is 21.8 Å². The number of aromatic carboxylic acids is 1. The van der Waals surface area contributed by atoms with Crippen molar-refractivity contribution in [3.05, 3.63) is 31.9 Å². The van der Waals surface area contributed by atoms with Crippen LogP contribution < -0.4 is 5.43 Å². The van der Waals surface area contributed by atoms with Crippen LogP contribution in [0.1, 0.15) is 22.8 Å². The van der Waals surface area contributed by atoms with E-state index in [-0.39, 0.29) is 5.56 Å². The van der Waals surface area contributed by atoms with Gasteiger partial charge in [-0.05, 0) is 19.4 Å². The van der Waals surface area contributed by atoms with Crippen molar-refractivity contribution in [3.63, 3.8) is 0 Å². The van der Waals surface area contributed by atoms with Crippen LogP contribution >= 0.6 is 22.9 Å². The predicted molar refractivity (Wildman–Crippen MR) is 68.5 cm³/mol. The monoisotopic (exact) mass is 271 g/mol. The molecule has 0 unspecified atom stereocenters. The van der Waals surface area contributed by atoms with Crippen LogP contribution in [0.25, 0.3) is 10.2 Å². The molecule has 0 atom stereocenters. The number of carboxylic acid groups (broad SMARTS) is 1. The highest BCUT2D eigenvalue weighted by Crippen LogP contribution is 2.32. The first-order chi connectivity index (χ1) is 7.97. The van der Waals surface area contributed by atoms with Crippen molar-refractivity contribution >= 4 is 39.1 Å². The van der Waals surface area contributed by atoms with Gasteiger partial charge in [-0.25, -0.2) is 4.79 Å². The molecular formula is C11H10ClNO3S. The first-order valence-corrected chi connectivity index (χ1v) is 6.22. The highest BCUT2D eigenvalue weighted by molar-refractivity contribution is 7.22. The van der Waals surface area contributed by atoms with E-state index in [0.717, 1.165) is 4.83 Å². The zero-order valence-electron chi connectivity index (χ0n) is 9.28. The molecule has 90 valence electrons. The second-order valence-corrected chi connectivity index (χ2v) is 5.25. The summed E-state index contributed by atoms with van der Waals surface area (Å²) < 4.78 is 2.27. The fourth-order valence-corrected chi connectivity index (χ4v) is 3.12. The predicted octanol–water partition coefficient (Wildman–Crippen LogP) is 2.74. The lowest BCUT2D eigenvalue weighted by Crippen LogP contribution is -2.18. The van der Waals surface area contributed by atoms with E-state index in [1.807, 2.05) is 6.92 Å². The third kappa shape index (κ3) is 1.75. The van der Waals surface area contributed by atoms with Crippen LogP contribution in [0, 0.1) is 6.92 Å². The Morgan fingerprint density at radius 3 is 2.76 bits per heavy atom. The molecular weight excluding hydrogens is 262 g/mol. The molecule has 2 aromatic heterocycles. The smallest absolute Gasteiger partial charge is 0.341 e. The first-order valence-electron chi connectivity index (χ1n) is 5.02. The summed E-state index contributed by atoms with van der Waals surface area (Å²) in [7, 11) is 0. The molecule has 2 heterocycles. The summed E-state index contributed by atoms with van der Waals surface area (Å²) in [4.78, 5) is 23.8. The van der Waals surface area contributed by atoms with Crippen LogP contribution in [0.15, 0.2) is 11.0 Å². The Morgan fingerprint density at radius 1 is 1.59 bits per heavy atom. The molecule has 0 saturated heterocycles. The molecule has 0 aliphatic carbocycles. The molecule has 0 bridgehead atoms. The Bertz CT molecular complexity index is 671. The number of fused-ring (bicyclic) bond motifs is 1. The van der Waals surface area contributed by atoms with Crippen molar-refractivity contribution in [1.82, 2.24) is 4.57 Å². The third-order valence-electron chi connectivity index (χ3n) is 2.66. The number of halogens is 1. The van der Waals surface area contributed by atoms with Gasteiger partial charge in [-0.1, -0.05) is 11.6 Å². The van der Waals surface area contributed by atoms with E-state index >= 15 is 0 Å². The second kappa shape index (κ2) is 4.16. The van der Waals surface area contributed by atoms with Crippen molar-refractivity contribution in [1.29, 1.82) is 0 Å². The Balaban J connectivity index is 3.01. The van der Waals surface area contributed by atoms with Crippen LogP contribution in [0.3, 0.4) is 0 Å². The van der Waals surface area contributed by atoms with Gasteiger partial charge in [0.1, 0.15) is 10.4 Å². The van der Waals surface area contributed by atoms with E-state index < -0.39 is 11.4 Å². The molecule has 0 amide bonds. The Morgan fingerprint density at radius 2 is 2.24 bits per heavy atom. The van der Waals surface area contributed by atoms with Gasteiger partial charge in [-0.15, -0.1) is 11.3 Å². The number of hydrogen-bond acceptors (Lipinski definition) is 3. The summed E-state index contributed by atoms with van der Waals surface area (Å²) in [6.45, 7) is 4.21. The number of carboxylic acids is 1.